The summed E-state index contributed by atoms with van der Waals surface area (Å²) in [6, 6.07) is 0.436. The van der Waals surface area contributed by atoms with Gasteiger partial charge in [-0.15, -0.1) is 0 Å². The van der Waals surface area contributed by atoms with Crippen molar-refractivity contribution in [1.29, 1.82) is 0 Å². The molecule has 0 aromatic carbocycles. The van der Waals surface area contributed by atoms with Crippen LogP contribution >= 0.6 is 0 Å². The minimum atomic E-state index is -0.412. The Morgan fingerprint density at radius 2 is 1.25 bits per heavy atom. The molecular formula is C20H35N5O3. The summed E-state index contributed by atoms with van der Waals surface area (Å²) in [5.41, 5.74) is 0. The van der Waals surface area contributed by atoms with Crippen molar-refractivity contribution < 1.29 is 14.4 Å². The van der Waals surface area contributed by atoms with Gasteiger partial charge in [-0.2, -0.15) is 0 Å². The molecule has 1 atom stereocenters. The first-order valence-corrected chi connectivity index (χ1v) is 10.9. The van der Waals surface area contributed by atoms with E-state index in [1.165, 1.54) is 6.42 Å². The lowest BCUT2D eigenvalue weighted by molar-refractivity contribution is -0.152. The summed E-state index contributed by atoms with van der Waals surface area (Å²) in [7, 11) is 0. The largest absolute Gasteiger partial charge is 0.333 e. The maximum atomic E-state index is 12.7. The molecule has 8 nitrogen and oxygen atoms in total. The zero-order valence-electron chi connectivity index (χ0n) is 17.4. The molecule has 0 aromatic heterocycles. The Balaban J connectivity index is 1.47. The third-order valence-electron chi connectivity index (χ3n) is 6.43. The summed E-state index contributed by atoms with van der Waals surface area (Å²) >= 11 is 0. The van der Waals surface area contributed by atoms with Crippen LogP contribution in [0.5, 0.6) is 0 Å². The number of likely N-dealkylation sites (tertiary alicyclic amines) is 2. The average Bonchev–Trinajstić information content (AvgIpc) is 3.24. The predicted octanol–water partition coefficient (Wildman–Crippen LogP) is 0.679. The minimum absolute atomic E-state index is 0.0831. The Labute approximate surface area is 168 Å². The molecule has 28 heavy (non-hydrogen) atoms. The van der Waals surface area contributed by atoms with Crippen LogP contribution < -0.4 is 0 Å². The van der Waals surface area contributed by atoms with Crippen LogP contribution in [0.25, 0.3) is 0 Å². The molecule has 3 fully saturated rings. The van der Waals surface area contributed by atoms with Crippen molar-refractivity contribution in [1.82, 2.24) is 24.5 Å². The number of rotatable bonds is 3. The summed E-state index contributed by atoms with van der Waals surface area (Å²) in [6.07, 6.45) is 4.27. The highest BCUT2D eigenvalue weighted by molar-refractivity contribution is 6.35. The fraction of sp³-hybridized carbons (Fsp3) is 0.850. The summed E-state index contributed by atoms with van der Waals surface area (Å²) in [6.45, 7) is 11.0. The highest BCUT2D eigenvalue weighted by Gasteiger charge is 2.36. The summed E-state index contributed by atoms with van der Waals surface area (Å²) < 4.78 is 0. The summed E-state index contributed by atoms with van der Waals surface area (Å²) in [5.74, 6) is -0.796. The number of nitrogens with zero attached hydrogens (tertiary/aromatic N) is 5. The maximum Gasteiger partial charge on any atom is 0.320 e. The molecular weight excluding hydrogens is 358 g/mol. The highest BCUT2D eigenvalue weighted by atomic mass is 16.2. The van der Waals surface area contributed by atoms with Crippen molar-refractivity contribution in [3.05, 3.63) is 0 Å². The molecule has 0 saturated carbocycles. The van der Waals surface area contributed by atoms with Crippen molar-refractivity contribution in [2.75, 3.05) is 65.4 Å². The molecule has 3 heterocycles. The Hall–Kier alpha value is -1.83. The fourth-order valence-electron chi connectivity index (χ4n) is 4.62. The molecule has 0 bridgehead atoms. The van der Waals surface area contributed by atoms with E-state index < -0.39 is 5.91 Å². The monoisotopic (exact) mass is 393 g/mol. The quantitative estimate of drug-likeness (QED) is 0.662. The molecule has 1 unspecified atom stereocenters. The lowest BCUT2D eigenvalue weighted by atomic mass is 10.1. The molecule has 0 N–H and O–H groups in total. The molecule has 8 heteroatoms. The van der Waals surface area contributed by atoms with Gasteiger partial charge < -0.3 is 19.6 Å². The number of carbonyl (C=O) groups is 3. The van der Waals surface area contributed by atoms with E-state index in [0.29, 0.717) is 45.3 Å². The van der Waals surface area contributed by atoms with Gasteiger partial charge in [-0.05, 0) is 38.8 Å². The summed E-state index contributed by atoms with van der Waals surface area (Å²) in [4.78, 5) is 47.4. The number of piperidine rings is 1. The number of urea groups is 1. The van der Waals surface area contributed by atoms with Crippen molar-refractivity contribution in [2.24, 2.45) is 0 Å². The topological polar surface area (TPSA) is 67.4 Å². The van der Waals surface area contributed by atoms with Gasteiger partial charge in [0.05, 0.1) is 0 Å². The van der Waals surface area contributed by atoms with Gasteiger partial charge in [0.2, 0.25) is 0 Å². The van der Waals surface area contributed by atoms with Crippen LogP contribution in [0.2, 0.25) is 0 Å². The zero-order chi connectivity index (χ0) is 20.1. The lowest BCUT2D eigenvalue weighted by Gasteiger charge is -2.38. The van der Waals surface area contributed by atoms with Gasteiger partial charge in [-0.25, -0.2) is 4.79 Å². The Morgan fingerprint density at radius 3 is 1.86 bits per heavy atom. The lowest BCUT2D eigenvalue weighted by Crippen LogP contribution is -2.56. The molecule has 0 aliphatic carbocycles. The standard InChI is InChI=1S/C20H35N5O3/c1-3-21(4-2)17-8-11-25(16-17)19(27)18(26)22-12-14-24(15-13-22)20(28)23-9-6-5-7-10-23/h17H,3-16H2,1-2H3. The fourth-order valence-corrected chi connectivity index (χ4v) is 4.62. The van der Waals surface area contributed by atoms with Crippen LogP contribution in [-0.4, -0.2) is 114 Å². The van der Waals surface area contributed by atoms with E-state index in [2.05, 4.69) is 18.7 Å². The third kappa shape index (κ3) is 4.59. The van der Waals surface area contributed by atoms with Gasteiger partial charge in [0.25, 0.3) is 0 Å². The van der Waals surface area contributed by atoms with Crippen molar-refractivity contribution in [3.8, 4) is 0 Å². The highest BCUT2D eigenvalue weighted by Crippen LogP contribution is 2.17. The molecule has 3 saturated heterocycles. The number of piperazine rings is 1. The molecule has 0 spiro atoms. The van der Waals surface area contributed by atoms with Crippen LogP contribution in [-0.2, 0) is 9.59 Å². The predicted molar refractivity (Wildman–Crippen MR) is 107 cm³/mol. The molecule has 158 valence electrons. The van der Waals surface area contributed by atoms with Crippen LogP contribution in [0.3, 0.4) is 0 Å². The average molecular weight is 394 g/mol. The number of amides is 4. The van der Waals surface area contributed by atoms with Crippen LogP contribution in [0, 0.1) is 0 Å². The van der Waals surface area contributed by atoms with Crippen molar-refractivity contribution >= 4 is 17.8 Å². The summed E-state index contributed by atoms with van der Waals surface area (Å²) in [5, 5.41) is 0. The van der Waals surface area contributed by atoms with Gasteiger partial charge in [0.15, 0.2) is 0 Å². The van der Waals surface area contributed by atoms with Crippen LogP contribution in [0.1, 0.15) is 39.5 Å². The normalized spacial score (nSPS) is 23.5. The third-order valence-corrected chi connectivity index (χ3v) is 6.43. The first kappa shape index (κ1) is 20.9. The second kappa shape index (κ2) is 9.58. The van der Waals surface area contributed by atoms with Crippen molar-refractivity contribution in [3.63, 3.8) is 0 Å². The van der Waals surface area contributed by atoms with Gasteiger partial charge in [-0.3, -0.25) is 14.5 Å². The van der Waals surface area contributed by atoms with E-state index in [-0.39, 0.29) is 11.9 Å². The zero-order valence-corrected chi connectivity index (χ0v) is 17.4. The SMILES string of the molecule is CCN(CC)C1CCN(C(=O)C(=O)N2CCN(C(=O)N3CCCCC3)CC2)C1. The van der Waals surface area contributed by atoms with E-state index in [0.717, 1.165) is 45.4 Å². The maximum absolute atomic E-state index is 12.7. The minimum Gasteiger partial charge on any atom is -0.333 e. The molecule has 3 aliphatic heterocycles. The molecule has 3 rings (SSSR count). The first-order chi connectivity index (χ1) is 13.5. The number of hydrogen-bond donors (Lipinski definition) is 0. The molecule has 0 radical (unpaired) electrons. The van der Waals surface area contributed by atoms with E-state index in [4.69, 9.17) is 0 Å². The van der Waals surface area contributed by atoms with Gasteiger partial charge in [0, 0.05) is 58.4 Å². The molecule has 3 aliphatic rings. The van der Waals surface area contributed by atoms with Crippen molar-refractivity contribution in [2.45, 2.75) is 45.6 Å². The first-order valence-electron chi connectivity index (χ1n) is 10.9. The second-order valence-corrected chi connectivity index (χ2v) is 8.02. The number of hydrogen-bond acceptors (Lipinski definition) is 4. The van der Waals surface area contributed by atoms with Crippen LogP contribution in [0.4, 0.5) is 4.79 Å². The van der Waals surface area contributed by atoms with Gasteiger partial charge in [0.1, 0.15) is 0 Å². The van der Waals surface area contributed by atoms with E-state index >= 15 is 0 Å². The van der Waals surface area contributed by atoms with E-state index in [1.807, 2.05) is 9.80 Å². The molecule has 4 amide bonds. The number of carbonyl (C=O) groups excluding carboxylic acids is 3. The smallest absolute Gasteiger partial charge is 0.320 e. The van der Waals surface area contributed by atoms with Crippen LogP contribution in [0.15, 0.2) is 0 Å². The Bertz CT molecular complexity index is 566. The molecule has 0 aromatic rings. The Kier molecular flexibility index (Phi) is 7.15. The Morgan fingerprint density at radius 1 is 0.714 bits per heavy atom. The van der Waals surface area contributed by atoms with E-state index in [9.17, 15) is 14.4 Å². The van der Waals surface area contributed by atoms with Gasteiger partial charge >= 0.3 is 17.8 Å². The van der Waals surface area contributed by atoms with E-state index in [1.54, 1.807) is 9.80 Å². The number of likely N-dealkylation sites (N-methyl/N-ethyl adjacent to an activating group) is 1. The van der Waals surface area contributed by atoms with Gasteiger partial charge in [-0.1, -0.05) is 13.8 Å². The second-order valence-electron chi connectivity index (χ2n) is 8.02.